The Balaban J connectivity index is 1.81. The number of hydrogen-bond donors (Lipinski definition) is 2. The van der Waals surface area contributed by atoms with Crippen LogP contribution in [0.5, 0.6) is 5.75 Å². The zero-order chi connectivity index (χ0) is 18.5. The van der Waals surface area contributed by atoms with Crippen LogP contribution >= 0.6 is 0 Å². The number of hydrogen-bond acceptors (Lipinski definition) is 6. The minimum absolute atomic E-state index is 0.159. The van der Waals surface area contributed by atoms with E-state index >= 15 is 0 Å². The van der Waals surface area contributed by atoms with E-state index in [1.165, 1.54) is 0 Å². The zero-order valence-corrected chi connectivity index (χ0v) is 14.6. The van der Waals surface area contributed by atoms with Crippen LogP contribution < -0.4 is 5.73 Å². The summed E-state index contributed by atoms with van der Waals surface area (Å²) in [6.45, 7) is 3.59. The molecule has 26 heavy (non-hydrogen) atoms. The Morgan fingerprint density at radius 2 is 2.23 bits per heavy atom. The number of carbonyl (C=O) groups is 1. The molecule has 1 aromatic heterocycles. The van der Waals surface area contributed by atoms with Gasteiger partial charge in [-0.3, -0.25) is 9.69 Å². The van der Waals surface area contributed by atoms with E-state index in [2.05, 4.69) is 32.8 Å². The molecule has 0 spiro atoms. The van der Waals surface area contributed by atoms with Crippen LogP contribution in [-0.2, 0) is 4.79 Å². The highest BCUT2D eigenvalue weighted by Crippen LogP contribution is 2.21. The second-order valence-corrected chi connectivity index (χ2v) is 6.21. The van der Waals surface area contributed by atoms with E-state index in [-0.39, 0.29) is 17.4 Å². The Hall–Kier alpha value is -3.17. The van der Waals surface area contributed by atoms with Gasteiger partial charge in [-0.25, -0.2) is 9.97 Å². The van der Waals surface area contributed by atoms with E-state index in [1.807, 2.05) is 0 Å². The molecule has 0 radical (unpaired) electrons. The number of Topliss-reactive ketones (excluding diaryl/α,β-unsaturated/α-hetero) is 1. The largest absolute Gasteiger partial charge is 0.508 e. The summed E-state index contributed by atoms with van der Waals surface area (Å²) in [6.07, 6.45) is 4.52. The third kappa shape index (κ3) is 4.47. The van der Waals surface area contributed by atoms with Gasteiger partial charge in [0.05, 0.1) is 18.4 Å². The molecule has 1 aliphatic rings. The molecule has 0 bridgehead atoms. The van der Waals surface area contributed by atoms with Crippen LogP contribution in [0.25, 0.3) is 5.57 Å². The fourth-order valence-corrected chi connectivity index (χ4v) is 2.76. The highest BCUT2D eigenvalue weighted by atomic mass is 16.3. The van der Waals surface area contributed by atoms with E-state index in [4.69, 9.17) is 5.73 Å². The van der Waals surface area contributed by atoms with E-state index < -0.39 is 0 Å². The molecule has 0 saturated heterocycles. The molecule has 0 unspecified atom stereocenters. The van der Waals surface area contributed by atoms with Crippen molar-refractivity contribution >= 4 is 17.2 Å². The molecule has 6 nitrogen and oxygen atoms in total. The van der Waals surface area contributed by atoms with Gasteiger partial charge in [-0.2, -0.15) is 0 Å². The minimum atomic E-state index is 0.159. The lowest BCUT2D eigenvalue weighted by molar-refractivity contribution is -0.118. The van der Waals surface area contributed by atoms with Crippen LogP contribution in [0, 0.1) is 11.8 Å². The molecule has 2 aromatic rings. The molecule has 2 heterocycles. The van der Waals surface area contributed by atoms with Crippen molar-refractivity contribution in [1.82, 2.24) is 14.9 Å². The first-order valence-electron chi connectivity index (χ1n) is 8.36. The van der Waals surface area contributed by atoms with Gasteiger partial charge in [0, 0.05) is 18.7 Å². The van der Waals surface area contributed by atoms with Gasteiger partial charge in [0.1, 0.15) is 11.5 Å². The lowest BCUT2D eigenvalue weighted by Gasteiger charge is -2.24. The van der Waals surface area contributed by atoms with Crippen molar-refractivity contribution in [3.63, 3.8) is 0 Å². The first kappa shape index (κ1) is 17.6. The number of ketones is 1. The van der Waals surface area contributed by atoms with Gasteiger partial charge >= 0.3 is 0 Å². The summed E-state index contributed by atoms with van der Waals surface area (Å²) in [6, 6.07) is 6.69. The Kier molecular flexibility index (Phi) is 5.30. The van der Waals surface area contributed by atoms with E-state index in [0.717, 1.165) is 24.2 Å². The SMILES string of the molecule is CC(=O)CN1CC=C(c2cnc(N)c(C#Cc3cccc(O)c3)n2)CC1. The quantitative estimate of drug-likeness (QED) is 0.823. The summed E-state index contributed by atoms with van der Waals surface area (Å²) in [7, 11) is 0. The van der Waals surface area contributed by atoms with Crippen molar-refractivity contribution in [1.29, 1.82) is 0 Å². The molecule has 0 aliphatic carbocycles. The first-order chi connectivity index (χ1) is 12.5. The average Bonchev–Trinajstić information content (AvgIpc) is 2.61. The lowest BCUT2D eigenvalue weighted by Crippen LogP contribution is -2.32. The Morgan fingerprint density at radius 1 is 1.38 bits per heavy atom. The molecule has 0 atom stereocenters. The number of aromatic hydroxyl groups is 1. The Bertz CT molecular complexity index is 925. The van der Waals surface area contributed by atoms with Gasteiger partial charge in [0.2, 0.25) is 0 Å². The number of aromatic nitrogens is 2. The molecular weight excluding hydrogens is 328 g/mol. The second-order valence-electron chi connectivity index (χ2n) is 6.21. The summed E-state index contributed by atoms with van der Waals surface area (Å²) in [5, 5.41) is 9.50. The van der Waals surface area contributed by atoms with Gasteiger partial charge in [-0.15, -0.1) is 0 Å². The van der Waals surface area contributed by atoms with Crippen molar-refractivity contribution in [3.8, 4) is 17.6 Å². The molecule has 0 amide bonds. The molecule has 1 aliphatic heterocycles. The number of benzene rings is 1. The standard InChI is InChI=1S/C20H20N4O2/c1-14(25)13-24-9-7-16(8-10-24)19-12-22-20(21)18(23-19)6-5-15-3-2-4-17(26)11-15/h2-4,7,11-12,26H,8-10,13H2,1H3,(H2,21,22). The molecule has 0 saturated carbocycles. The normalized spacial score (nSPS) is 14.3. The van der Waals surface area contributed by atoms with Crippen LogP contribution in [-0.4, -0.2) is 45.4 Å². The van der Waals surface area contributed by atoms with Crippen LogP contribution in [0.4, 0.5) is 5.82 Å². The van der Waals surface area contributed by atoms with Gasteiger partial charge in [-0.1, -0.05) is 18.1 Å². The Morgan fingerprint density at radius 3 is 2.92 bits per heavy atom. The number of nitrogen functional groups attached to an aromatic ring is 1. The van der Waals surface area contributed by atoms with Crippen LogP contribution in [0.3, 0.4) is 0 Å². The highest BCUT2D eigenvalue weighted by Gasteiger charge is 2.15. The molecule has 1 aromatic carbocycles. The zero-order valence-electron chi connectivity index (χ0n) is 14.6. The maximum Gasteiger partial charge on any atom is 0.158 e. The van der Waals surface area contributed by atoms with Crippen molar-refractivity contribution in [2.45, 2.75) is 13.3 Å². The third-order valence-electron chi connectivity index (χ3n) is 4.04. The number of anilines is 1. The fraction of sp³-hybridized carbons (Fsp3) is 0.250. The second kappa shape index (κ2) is 7.81. The van der Waals surface area contributed by atoms with E-state index in [9.17, 15) is 9.90 Å². The van der Waals surface area contributed by atoms with E-state index in [1.54, 1.807) is 37.4 Å². The number of phenolic OH excluding ortho intramolecular Hbond substituents is 1. The number of nitrogens with zero attached hydrogens (tertiary/aromatic N) is 3. The van der Waals surface area contributed by atoms with Crippen LogP contribution in [0.2, 0.25) is 0 Å². The van der Waals surface area contributed by atoms with Crippen LogP contribution in [0.15, 0.2) is 36.5 Å². The third-order valence-corrected chi connectivity index (χ3v) is 4.04. The predicted octanol–water partition coefficient (Wildman–Crippen LogP) is 1.84. The summed E-state index contributed by atoms with van der Waals surface area (Å²) < 4.78 is 0. The molecule has 0 fully saturated rings. The monoisotopic (exact) mass is 348 g/mol. The number of phenols is 1. The summed E-state index contributed by atoms with van der Waals surface area (Å²) in [4.78, 5) is 22.1. The van der Waals surface area contributed by atoms with Crippen molar-refractivity contribution < 1.29 is 9.90 Å². The molecule has 6 heteroatoms. The Labute approximate surface area is 152 Å². The summed E-state index contributed by atoms with van der Waals surface area (Å²) in [5.41, 5.74) is 8.82. The van der Waals surface area contributed by atoms with Gasteiger partial charge in [0.15, 0.2) is 11.5 Å². The fourth-order valence-electron chi connectivity index (χ4n) is 2.76. The van der Waals surface area contributed by atoms with Gasteiger partial charge in [0.25, 0.3) is 0 Å². The molecule has 3 rings (SSSR count). The predicted molar refractivity (Wildman–Crippen MR) is 100 cm³/mol. The highest BCUT2D eigenvalue weighted by molar-refractivity contribution is 5.77. The maximum atomic E-state index is 11.2. The molecule has 132 valence electrons. The number of nitrogens with two attached hydrogens (primary N) is 1. The summed E-state index contributed by atoms with van der Waals surface area (Å²) >= 11 is 0. The van der Waals surface area contributed by atoms with Crippen molar-refractivity contribution in [3.05, 3.63) is 53.5 Å². The minimum Gasteiger partial charge on any atom is -0.508 e. The van der Waals surface area contributed by atoms with E-state index in [0.29, 0.717) is 24.3 Å². The van der Waals surface area contributed by atoms with Crippen molar-refractivity contribution in [2.75, 3.05) is 25.4 Å². The number of carbonyl (C=O) groups excluding carboxylic acids is 1. The lowest BCUT2D eigenvalue weighted by atomic mass is 10.0. The maximum absolute atomic E-state index is 11.2. The van der Waals surface area contributed by atoms with Crippen molar-refractivity contribution in [2.24, 2.45) is 0 Å². The van der Waals surface area contributed by atoms with Gasteiger partial charge < -0.3 is 10.8 Å². The first-order valence-corrected chi connectivity index (χ1v) is 8.36. The van der Waals surface area contributed by atoms with Gasteiger partial charge in [-0.05, 0) is 43.0 Å². The number of rotatable bonds is 3. The summed E-state index contributed by atoms with van der Waals surface area (Å²) in [5.74, 6) is 6.47. The average molecular weight is 348 g/mol. The van der Waals surface area contributed by atoms with Crippen LogP contribution in [0.1, 0.15) is 30.3 Å². The molecule has 3 N–H and O–H groups in total. The molecular formula is C20H20N4O2. The smallest absolute Gasteiger partial charge is 0.158 e. The topological polar surface area (TPSA) is 92.3 Å².